The number of Topliss-reactive ketones (excluding diaryl/α,β-unsaturated/α-hetero) is 1. The van der Waals surface area contributed by atoms with Gasteiger partial charge in [0.15, 0.2) is 0 Å². The van der Waals surface area contributed by atoms with Gasteiger partial charge in [-0.1, -0.05) is 11.6 Å². The fourth-order valence-electron chi connectivity index (χ4n) is 5.15. The highest BCUT2D eigenvalue weighted by molar-refractivity contribution is 7.07. The maximum atomic E-state index is 13.6. The lowest BCUT2D eigenvalue weighted by atomic mass is 10.0. The number of rotatable bonds is 5. The molecule has 0 spiro atoms. The number of aromatic nitrogens is 1. The first-order chi connectivity index (χ1) is 16.8. The molecule has 2 fully saturated rings. The standard InChI is InChI=1S/C26H29ClN4O3S/c1-16-13-31(17(2)12-30(16)14-18-5-8-35-15-18)25(33)20-9-19-21(11-28-23(19)10-22(20)27)24(32)26(34)29-6-3-4-7-29/h5,8-11,15-17,28H,3-4,6-7,12-14H2,1-2H3/t16-,17?/m0/s1. The predicted molar refractivity (Wildman–Crippen MR) is 138 cm³/mol. The van der Waals surface area contributed by atoms with Gasteiger partial charge in [0.2, 0.25) is 0 Å². The van der Waals surface area contributed by atoms with E-state index < -0.39 is 11.7 Å². The van der Waals surface area contributed by atoms with E-state index in [1.54, 1.807) is 34.6 Å². The van der Waals surface area contributed by atoms with Crippen molar-refractivity contribution < 1.29 is 14.4 Å². The van der Waals surface area contributed by atoms with E-state index in [4.69, 9.17) is 11.6 Å². The van der Waals surface area contributed by atoms with Crippen molar-refractivity contribution in [3.63, 3.8) is 0 Å². The van der Waals surface area contributed by atoms with Crippen molar-refractivity contribution in [2.75, 3.05) is 26.2 Å². The number of aromatic amines is 1. The van der Waals surface area contributed by atoms with E-state index in [0.717, 1.165) is 25.9 Å². The molecule has 3 aromatic rings. The number of ketones is 1. The van der Waals surface area contributed by atoms with Crippen LogP contribution in [0.1, 0.15) is 53.0 Å². The first-order valence-corrected chi connectivity index (χ1v) is 13.4. The van der Waals surface area contributed by atoms with Crippen LogP contribution in [0.5, 0.6) is 0 Å². The molecule has 2 aliphatic rings. The molecule has 2 saturated heterocycles. The van der Waals surface area contributed by atoms with E-state index >= 15 is 0 Å². The summed E-state index contributed by atoms with van der Waals surface area (Å²) in [5.74, 6) is -1.20. The zero-order chi connectivity index (χ0) is 24.7. The van der Waals surface area contributed by atoms with E-state index in [0.29, 0.717) is 41.1 Å². The van der Waals surface area contributed by atoms with E-state index in [9.17, 15) is 14.4 Å². The lowest BCUT2D eigenvalue weighted by Crippen LogP contribution is -2.57. The van der Waals surface area contributed by atoms with Crippen LogP contribution in [-0.2, 0) is 11.3 Å². The summed E-state index contributed by atoms with van der Waals surface area (Å²) in [5, 5.41) is 5.12. The third kappa shape index (κ3) is 4.62. The topological polar surface area (TPSA) is 76.7 Å². The highest BCUT2D eigenvalue weighted by atomic mass is 35.5. The first-order valence-electron chi connectivity index (χ1n) is 12.0. The van der Waals surface area contributed by atoms with Gasteiger partial charge in [-0.2, -0.15) is 11.3 Å². The van der Waals surface area contributed by atoms with Gasteiger partial charge in [-0.25, -0.2) is 0 Å². The summed E-state index contributed by atoms with van der Waals surface area (Å²) in [6.07, 6.45) is 3.37. The largest absolute Gasteiger partial charge is 0.360 e. The average molecular weight is 513 g/mol. The van der Waals surface area contributed by atoms with Crippen molar-refractivity contribution in [2.45, 2.75) is 45.3 Å². The molecule has 35 heavy (non-hydrogen) atoms. The van der Waals surface area contributed by atoms with Gasteiger partial charge >= 0.3 is 0 Å². The highest BCUT2D eigenvalue weighted by Gasteiger charge is 2.34. The summed E-state index contributed by atoms with van der Waals surface area (Å²) in [6.45, 7) is 7.62. The van der Waals surface area contributed by atoms with Crippen LogP contribution in [0, 0.1) is 0 Å². The normalized spacial score (nSPS) is 21.1. The number of piperazine rings is 1. The van der Waals surface area contributed by atoms with Crippen LogP contribution in [0.15, 0.2) is 35.2 Å². The van der Waals surface area contributed by atoms with Crippen LogP contribution < -0.4 is 0 Å². The van der Waals surface area contributed by atoms with E-state index in [1.807, 2.05) is 4.90 Å². The van der Waals surface area contributed by atoms with Crippen molar-refractivity contribution in [1.29, 1.82) is 0 Å². The molecule has 0 radical (unpaired) electrons. The second-order valence-electron chi connectivity index (χ2n) is 9.63. The van der Waals surface area contributed by atoms with Gasteiger partial charge in [0, 0.05) is 61.9 Å². The molecule has 1 aromatic carbocycles. The summed E-state index contributed by atoms with van der Waals surface area (Å²) < 4.78 is 0. The summed E-state index contributed by atoms with van der Waals surface area (Å²) in [4.78, 5) is 48.2. The SMILES string of the molecule is CC1CN(Cc2ccsc2)[C@@H](C)CN1C(=O)c1cc2c(C(=O)C(=O)N3CCCC3)c[nH]c2cc1Cl. The molecule has 9 heteroatoms. The molecule has 1 unspecified atom stereocenters. The fraction of sp³-hybridized carbons (Fsp3) is 0.423. The molecule has 4 heterocycles. The smallest absolute Gasteiger partial charge is 0.295 e. The summed E-state index contributed by atoms with van der Waals surface area (Å²) in [6, 6.07) is 5.67. The number of nitrogens with one attached hydrogen (secondary N) is 1. The summed E-state index contributed by atoms with van der Waals surface area (Å²) >= 11 is 8.23. The van der Waals surface area contributed by atoms with Crippen molar-refractivity contribution in [3.8, 4) is 0 Å². The fourth-order valence-corrected chi connectivity index (χ4v) is 6.05. The monoisotopic (exact) mass is 512 g/mol. The number of H-pyrrole nitrogens is 1. The summed E-state index contributed by atoms with van der Waals surface area (Å²) in [5.41, 5.74) is 2.55. The van der Waals surface area contributed by atoms with Crippen molar-refractivity contribution >= 4 is 51.4 Å². The van der Waals surface area contributed by atoms with E-state index in [2.05, 4.69) is 40.6 Å². The number of nitrogens with zero attached hydrogens (tertiary/aromatic N) is 3. The lowest BCUT2D eigenvalue weighted by Gasteiger charge is -2.44. The number of hydrogen-bond acceptors (Lipinski definition) is 5. The molecule has 2 aromatic heterocycles. The van der Waals surface area contributed by atoms with Crippen LogP contribution in [0.4, 0.5) is 0 Å². The Balaban J connectivity index is 1.38. The Bertz CT molecular complexity index is 1270. The second-order valence-corrected chi connectivity index (χ2v) is 10.8. The third-order valence-corrected chi connectivity index (χ3v) is 8.22. The van der Waals surface area contributed by atoms with Gasteiger partial charge in [0.05, 0.1) is 16.1 Å². The molecule has 2 atom stereocenters. The minimum Gasteiger partial charge on any atom is -0.360 e. The molecule has 5 rings (SSSR count). The third-order valence-electron chi connectivity index (χ3n) is 7.17. The van der Waals surface area contributed by atoms with Gasteiger partial charge in [-0.3, -0.25) is 19.3 Å². The Kier molecular flexibility index (Phi) is 6.70. The Morgan fingerprint density at radius 3 is 2.57 bits per heavy atom. The van der Waals surface area contributed by atoms with Gasteiger partial charge < -0.3 is 14.8 Å². The van der Waals surface area contributed by atoms with Crippen molar-refractivity contribution in [2.24, 2.45) is 0 Å². The number of halogens is 1. The van der Waals surface area contributed by atoms with E-state index in [1.165, 1.54) is 5.56 Å². The zero-order valence-corrected chi connectivity index (χ0v) is 21.5. The number of amides is 2. The maximum absolute atomic E-state index is 13.6. The molecule has 1 N–H and O–H groups in total. The van der Waals surface area contributed by atoms with Crippen LogP contribution in [0.25, 0.3) is 10.9 Å². The van der Waals surface area contributed by atoms with Gasteiger partial charge in [-0.15, -0.1) is 0 Å². The van der Waals surface area contributed by atoms with Crippen LogP contribution >= 0.6 is 22.9 Å². The molecular weight excluding hydrogens is 484 g/mol. The lowest BCUT2D eigenvalue weighted by molar-refractivity contribution is -0.125. The maximum Gasteiger partial charge on any atom is 0.295 e. The van der Waals surface area contributed by atoms with Crippen LogP contribution in [-0.4, -0.2) is 75.5 Å². The molecule has 2 aliphatic heterocycles. The minimum absolute atomic E-state index is 0.00757. The Labute approximate surface area is 213 Å². The Hall–Kier alpha value is -2.68. The number of likely N-dealkylation sites (tertiary alicyclic amines) is 1. The number of carbonyl (C=O) groups excluding carboxylic acids is 3. The molecule has 0 bridgehead atoms. The predicted octanol–water partition coefficient (Wildman–Crippen LogP) is 4.42. The number of benzene rings is 1. The molecule has 2 amide bonds. The zero-order valence-electron chi connectivity index (χ0n) is 19.9. The quantitative estimate of drug-likeness (QED) is 0.405. The van der Waals surface area contributed by atoms with Crippen molar-refractivity contribution in [3.05, 3.63) is 56.9 Å². The number of hydrogen-bond donors (Lipinski definition) is 1. The molecule has 0 aliphatic carbocycles. The second kappa shape index (κ2) is 9.76. The molecule has 0 saturated carbocycles. The van der Waals surface area contributed by atoms with Crippen LogP contribution in [0.3, 0.4) is 0 Å². The average Bonchev–Trinajstić information content (AvgIpc) is 3.61. The molecular formula is C26H29ClN4O3S. The Morgan fingerprint density at radius 2 is 1.86 bits per heavy atom. The van der Waals surface area contributed by atoms with Gasteiger partial charge in [-0.05, 0) is 61.2 Å². The number of carbonyl (C=O) groups is 3. The van der Waals surface area contributed by atoms with Crippen molar-refractivity contribution in [1.82, 2.24) is 19.7 Å². The number of thiophene rings is 1. The number of fused-ring (bicyclic) bond motifs is 1. The van der Waals surface area contributed by atoms with Crippen LogP contribution in [0.2, 0.25) is 5.02 Å². The van der Waals surface area contributed by atoms with Gasteiger partial charge in [0.1, 0.15) is 0 Å². The Morgan fingerprint density at radius 1 is 1.09 bits per heavy atom. The first kappa shape index (κ1) is 24.0. The molecule has 184 valence electrons. The highest BCUT2D eigenvalue weighted by Crippen LogP contribution is 2.30. The van der Waals surface area contributed by atoms with E-state index in [-0.39, 0.29) is 23.6 Å². The minimum atomic E-state index is -0.553. The summed E-state index contributed by atoms with van der Waals surface area (Å²) in [7, 11) is 0. The van der Waals surface area contributed by atoms with Gasteiger partial charge in [0.25, 0.3) is 17.6 Å². The molecule has 7 nitrogen and oxygen atoms in total.